The molecule has 0 heterocycles. The van der Waals surface area contributed by atoms with Gasteiger partial charge in [0.05, 0.1) is 32.0 Å². The van der Waals surface area contributed by atoms with Gasteiger partial charge in [0, 0.05) is 0 Å². The van der Waals surface area contributed by atoms with Crippen LogP contribution in [0.1, 0.15) is 104 Å². The van der Waals surface area contributed by atoms with Crippen LogP contribution in [0.15, 0.2) is 0 Å². The molecule has 0 radical (unpaired) electrons. The molecule has 0 saturated heterocycles. The van der Waals surface area contributed by atoms with Crippen molar-refractivity contribution in [3.63, 3.8) is 0 Å². The van der Waals surface area contributed by atoms with E-state index in [1.165, 1.54) is 38.5 Å². The van der Waals surface area contributed by atoms with Crippen molar-refractivity contribution in [1.82, 2.24) is 0 Å². The van der Waals surface area contributed by atoms with Crippen molar-refractivity contribution in [1.29, 1.82) is 0 Å². The van der Waals surface area contributed by atoms with E-state index in [0.29, 0.717) is 6.61 Å². The largest absolute Gasteiger partial charge is 0.481 e. The second-order valence-electron chi connectivity index (χ2n) is 7.42. The van der Waals surface area contributed by atoms with Crippen LogP contribution in [0.4, 0.5) is 0 Å². The van der Waals surface area contributed by atoms with Crippen LogP contribution < -0.4 is 0 Å². The highest BCUT2D eigenvalue weighted by Gasteiger charge is 2.26. The minimum absolute atomic E-state index is 0.239. The number of ether oxygens (including phenoxy) is 2. The number of carboxylic acids is 1. The molecular weight excluding hydrogens is 360 g/mol. The number of hydrogen-bond donors (Lipinski definition) is 1. The summed E-state index contributed by atoms with van der Waals surface area (Å²) in [7, 11) is 0. The van der Waals surface area contributed by atoms with E-state index in [0.717, 1.165) is 38.5 Å². The molecule has 1 N–H and O–H groups in total. The van der Waals surface area contributed by atoms with Crippen molar-refractivity contribution in [3.8, 4) is 0 Å². The Labute approximate surface area is 170 Å². The molecule has 6 nitrogen and oxygen atoms in total. The van der Waals surface area contributed by atoms with Gasteiger partial charge in [0.15, 0.2) is 0 Å². The fraction of sp³-hybridized carbons (Fsp3) is 0.864. The quantitative estimate of drug-likeness (QED) is 0.234. The minimum atomic E-state index is -1.12. The molecule has 0 amide bonds. The molecule has 28 heavy (non-hydrogen) atoms. The van der Waals surface area contributed by atoms with E-state index in [-0.39, 0.29) is 13.0 Å². The summed E-state index contributed by atoms with van der Waals surface area (Å²) < 4.78 is 10.3. The third-order valence-electron chi connectivity index (χ3n) is 4.67. The molecule has 0 aliphatic carbocycles. The number of hydrogen-bond acceptors (Lipinski definition) is 5. The van der Waals surface area contributed by atoms with Crippen LogP contribution in [0.5, 0.6) is 0 Å². The summed E-state index contributed by atoms with van der Waals surface area (Å²) >= 11 is 0. The van der Waals surface area contributed by atoms with Gasteiger partial charge in [-0.3, -0.25) is 14.4 Å². The van der Waals surface area contributed by atoms with Crippen LogP contribution in [0.25, 0.3) is 0 Å². The molecule has 0 aromatic rings. The van der Waals surface area contributed by atoms with Gasteiger partial charge in [-0.15, -0.1) is 0 Å². The zero-order valence-corrected chi connectivity index (χ0v) is 17.9. The van der Waals surface area contributed by atoms with E-state index < -0.39 is 30.2 Å². The number of carboxylic acid groups (broad SMARTS) is 1. The molecule has 0 aromatic heterocycles. The summed E-state index contributed by atoms with van der Waals surface area (Å²) in [6.45, 7) is 4.91. The van der Waals surface area contributed by atoms with Crippen molar-refractivity contribution < 1.29 is 29.0 Å². The highest BCUT2D eigenvalue weighted by Crippen LogP contribution is 2.14. The maximum absolute atomic E-state index is 12.1. The molecule has 0 aliphatic heterocycles. The van der Waals surface area contributed by atoms with Crippen molar-refractivity contribution >= 4 is 17.9 Å². The molecule has 0 saturated carbocycles. The van der Waals surface area contributed by atoms with Crippen LogP contribution in [-0.2, 0) is 23.9 Å². The third-order valence-corrected chi connectivity index (χ3v) is 4.67. The van der Waals surface area contributed by atoms with Crippen LogP contribution >= 0.6 is 0 Å². The van der Waals surface area contributed by atoms with Crippen LogP contribution in [0, 0.1) is 5.92 Å². The lowest BCUT2D eigenvalue weighted by Gasteiger charge is -2.14. The molecule has 1 atom stereocenters. The van der Waals surface area contributed by atoms with Gasteiger partial charge < -0.3 is 14.6 Å². The molecule has 0 spiro atoms. The van der Waals surface area contributed by atoms with Gasteiger partial charge in [0.25, 0.3) is 0 Å². The predicted octanol–water partition coefficient (Wildman–Crippen LogP) is 5.27. The second-order valence-corrected chi connectivity index (χ2v) is 7.42. The average molecular weight is 401 g/mol. The maximum atomic E-state index is 12.1. The Bertz CT molecular complexity index is 421. The van der Waals surface area contributed by atoms with E-state index in [1.54, 1.807) is 0 Å². The van der Waals surface area contributed by atoms with Gasteiger partial charge in [0.2, 0.25) is 0 Å². The van der Waals surface area contributed by atoms with Crippen molar-refractivity contribution in [2.75, 3.05) is 13.2 Å². The number of carbonyl (C=O) groups excluding carboxylic acids is 2. The van der Waals surface area contributed by atoms with E-state index in [9.17, 15) is 14.4 Å². The third kappa shape index (κ3) is 16.6. The first-order valence-electron chi connectivity index (χ1n) is 11.0. The van der Waals surface area contributed by atoms with Crippen molar-refractivity contribution in [3.05, 3.63) is 0 Å². The first-order valence-corrected chi connectivity index (χ1v) is 11.0. The van der Waals surface area contributed by atoms with Gasteiger partial charge in [-0.1, -0.05) is 78.1 Å². The lowest BCUT2D eigenvalue weighted by Crippen LogP contribution is -2.25. The molecule has 164 valence electrons. The molecule has 0 fully saturated rings. The Morgan fingerprint density at radius 1 is 0.679 bits per heavy atom. The molecule has 0 bridgehead atoms. The summed E-state index contributed by atoms with van der Waals surface area (Å²) in [5.41, 5.74) is 0. The first kappa shape index (κ1) is 26.4. The van der Waals surface area contributed by atoms with Crippen LogP contribution in [0.2, 0.25) is 0 Å². The molecule has 0 aliphatic rings. The Kier molecular flexibility index (Phi) is 17.7. The standard InChI is InChI=1S/C22H40O6/c1-3-5-7-9-11-13-15-27-21(25)18-19(17-20(23)24)22(26)28-16-14-12-10-8-6-4-2/h19H,3-18H2,1-2H3,(H,23,24). The molecule has 0 aromatic carbocycles. The summed E-state index contributed by atoms with van der Waals surface area (Å²) in [5, 5.41) is 8.99. The van der Waals surface area contributed by atoms with E-state index in [1.807, 2.05) is 0 Å². The molecule has 1 unspecified atom stereocenters. The fourth-order valence-corrected chi connectivity index (χ4v) is 2.95. The predicted molar refractivity (Wildman–Crippen MR) is 109 cm³/mol. The number of unbranched alkanes of at least 4 members (excludes halogenated alkanes) is 10. The highest BCUT2D eigenvalue weighted by atomic mass is 16.5. The van der Waals surface area contributed by atoms with Crippen molar-refractivity contribution in [2.45, 2.75) is 104 Å². The lowest BCUT2D eigenvalue weighted by molar-refractivity contribution is -0.158. The summed E-state index contributed by atoms with van der Waals surface area (Å²) in [6.07, 6.45) is 12.3. The average Bonchev–Trinajstić information content (AvgIpc) is 2.65. The van der Waals surface area contributed by atoms with Gasteiger partial charge in [0.1, 0.15) is 0 Å². The zero-order valence-electron chi connectivity index (χ0n) is 17.9. The summed E-state index contributed by atoms with van der Waals surface area (Å²) in [5.74, 6) is -3.25. The summed E-state index contributed by atoms with van der Waals surface area (Å²) in [4.78, 5) is 35.1. The normalized spacial score (nSPS) is 11.8. The zero-order chi connectivity index (χ0) is 21.0. The van der Waals surface area contributed by atoms with Crippen molar-refractivity contribution in [2.24, 2.45) is 5.92 Å². The Balaban J connectivity index is 4.04. The number of rotatable bonds is 19. The smallest absolute Gasteiger partial charge is 0.310 e. The van der Waals surface area contributed by atoms with Gasteiger partial charge in [-0.2, -0.15) is 0 Å². The monoisotopic (exact) mass is 400 g/mol. The maximum Gasteiger partial charge on any atom is 0.310 e. The Morgan fingerprint density at radius 3 is 1.64 bits per heavy atom. The van der Waals surface area contributed by atoms with Crippen LogP contribution in [0.3, 0.4) is 0 Å². The SMILES string of the molecule is CCCCCCCCOC(=O)CC(CC(=O)O)C(=O)OCCCCCCCC. The topological polar surface area (TPSA) is 89.9 Å². The number of esters is 2. The van der Waals surface area contributed by atoms with E-state index in [2.05, 4.69) is 13.8 Å². The minimum Gasteiger partial charge on any atom is -0.481 e. The van der Waals surface area contributed by atoms with E-state index >= 15 is 0 Å². The van der Waals surface area contributed by atoms with Crippen LogP contribution in [-0.4, -0.2) is 36.2 Å². The van der Waals surface area contributed by atoms with Gasteiger partial charge in [-0.05, 0) is 12.8 Å². The Morgan fingerprint density at radius 2 is 1.14 bits per heavy atom. The fourth-order valence-electron chi connectivity index (χ4n) is 2.95. The Hall–Kier alpha value is -1.59. The van der Waals surface area contributed by atoms with Gasteiger partial charge >= 0.3 is 17.9 Å². The molecule has 0 rings (SSSR count). The lowest BCUT2D eigenvalue weighted by atomic mass is 10.0. The molecule has 6 heteroatoms. The van der Waals surface area contributed by atoms with E-state index in [4.69, 9.17) is 14.6 Å². The summed E-state index contributed by atoms with van der Waals surface area (Å²) in [6, 6.07) is 0. The highest BCUT2D eigenvalue weighted by molar-refractivity contribution is 5.83. The number of aliphatic carboxylic acids is 1. The molecular formula is C22H40O6. The number of carbonyl (C=O) groups is 3. The first-order chi connectivity index (χ1) is 13.5. The van der Waals surface area contributed by atoms with Gasteiger partial charge in [-0.25, -0.2) is 0 Å². The second kappa shape index (κ2) is 18.8.